The maximum absolute atomic E-state index is 12.7. The maximum atomic E-state index is 12.7. The number of rotatable bonds is 4. The van der Waals surface area contributed by atoms with Crippen molar-refractivity contribution in [2.45, 2.75) is 6.92 Å². The largest absolute Gasteiger partial charge is 0.292 e. The van der Waals surface area contributed by atoms with Gasteiger partial charge in [0.15, 0.2) is 5.69 Å². The predicted octanol–water partition coefficient (Wildman–Crippen LogP) is 3.75. The third-order valence-electron chi connectivity index (χ3n) is 4.91. The highest BCUT2D eigenvalue weighted by Crippen LogP contribution is 2.19. The normalized spacial score (nSPS) is 11.5. The summed E-state index contributed by atoms with van der Waals surface area (Å²) >= 11 is 0. The van der Waals surface area contributed by atoms with Gasteiger partial charge in [0.25, 0.3) is 11.5 Å². The number of hydrazone groups is 1. The Bertz CT molecular complexity index is 1310. The Kier molecular flexibility index (Phi) is 5.22. The van der Waals surface area contributed by atoms with Gasteiger partial charge in [-0.2, -0.15) is 10.2 Å². The molecule has 0 atom stereocenters. The number of aryl methyl sites for hydroxylation is 1. The molecule has 148 valence electrons. The number of carbonyl (C=O) groups is 1. The summed E-state index contributed by atoms with van der Waals surface area (Å²) in [5.74, 6) is -0.470. The summed E-state index contributed by atoms with van der Waals surface area (Å²) < 4.78 is 1.16. The van der Waals surface area contributed by atoms with Gasteiger partial charge in [-0.25, -0.2) is 10.1 Å². The maximum Gasteiger partial charge on any atom is 0.292 e. The van der Waals surface area contributed by atoms with E-state index in [1.54, 1.807) is 24.3 Å². The topological polar surface area (TPSA) is 76.3 Å². The van der Waals surface area contributed by atoms with Gasteiger partial charge in [-0.05, 0) is 29.7 Å². The number of hydrogen-bond acceptors (Lipinski definition) is 4. The number of amides is 1. The quantitative estimate of drug-likeness (QED) is 0.422. The SMILES string of the molecule is C/C(=N/NC(=O)c1nn(C)c(=O)c2ccccc12)c1ccc(-c2ccccc2)cc1. The van der Waals surface area contributed by atoms with Crippen LogP contribution in [0, 0.1) is 0 Å². The Morgan fingerprint density at radius 2 is 1.47 bits per heavy atom. The standard InChI is InChI=1S/C24H20N4O2/c1-16(17-12-14-19(15-13-17)18-8-4-3-5-9-18)25-26-23(29)22-20-10-6-7-11-21(20)24(30)28(2)27-22/h3-15H,1-2H3,(H,26,29)/b25-16-. The van der Waals surface area contributed by atoms with E-state index in [2.05, 4.69) is 27.8 Å². The highest BCUT2D eigenvalue weighted by atomic mass is 16.2. The van der Waals surface area contributed by atoms with E-state index in [0.29, 0.717) is 16.5 Å². The summed E-state index contributed by atoms with van der Waals surface area (Å²) in [6.07, 6.45) is 0. The van der Waals surface area contributed by atoms with E-state index < -0.39 is 5.91 Å². The van der Waals surface area contributed by atoms with Crippen LogP contribution in [0.25, 0.3) is 21.9 Å². The number of hydrogen-bond donors (Lipinski definition) is 1. The molecule has 4 aromatic rings. The molecule has 4 rings (SSSR count). The van der Waals surface area contributed by atoms with Crippen LogP contribution < -0.4 is 11.0 Å². The van der Waals surface area contributed by atoms with Gasteiger partial charge in [-0.1, -0.05) is 72.8 Å². The van der Waals surface area contributed by atoms with Gasteiger partial charge in [0.2, 0.25) is 0 Å². The van der Waals surface area contributed by atoms with Crippen LogP contribution in [0.15, 0.2) is 88.8 Å². The lowest BCUT2D eigenvalue weighted by Crippen LogP contribution is -2.27. The van der Waals surface area contributed by atoms with Crippen molar-refractivity contribution < 1.29 is 4.79 Å². The molecule has 0 saturated heterocycles. The van der Waals surface area contributed by atoms with Gasteiger partial charge < -0.3 is 0 Å². The Labute approximate surface area is 173 Å². The lowest BCUT2D eigenvalue weighted by molar-refractivity contribution is 0.0949. The van der Waals surface area contributed by atoms with Crippen LogP contribution in [0.4, 0.5) is 0 Å². The van der Waals surface area contributed by atoms with Crippen LogP contribution in [0.1, 0.15) is 23.0 Å². The van der Waals surface area contributed by atoms with Gasteiger partial charge in [0, 0.05) is 12.4 Å². The molecule has 0 spiro atoms. The highest BCUT2D eigenvalue weighted by Gasteiger charge is 2.15. The van der Waals surface area contributed by atoms with Crippen LogP contribution in [0.3, 0.4) is 0 Å². The van der Waals surface area contributed by atoms with Crippen LogP contribution in [-0.2, 0) is 7.05 Å². The van der Waals surface area contributed by atoms with E-state index in [1.165, 1.54) is 7.05 Å². The first kappa shape index (κ1) is 19.3. The molecule has 1 aromatic heterocycles. The van der Waals surface area contributed by atoms with Crippen molar-refractivity contribution in [2.24, 2.45) is 12.1 Å². The number of nitrogens with one attached hydrogen (secondary N) is 1. The first-order chi connectivity index (χ1) is 14.5. The fourth-order valence-corrected chi connectivity index (χ4v) is 3.25. The van der Waals surface area contributed by atoms with Gasteiger partial charge in [0.1, 0.15) is 0 Å². The molecule has 6 nitrogen and oxygen atoms in total. The van der Waals surface area contributed by atoms with Crippen molar-refractivity contribution in [3.63, 3.8) is 0 Å². The predicted molar refractivity (Wildman–Crippen MR) is 119 cm³/mol. The van der Waals surface area contributed by atoms with Crippen molar-refractivity contribution in [1.29, 1.82) is 0 Å². The molecule has 0 unspecified atom stereocenters. The number of benzene rings is 3. The first-order valence-corrected chi connectivity index (χ1v) is 9.51. The van der Waals surface area contributed by atoms with Gasteiger partial charge in [-0.15, -0.1) is 0 Å². The van der Waals surface area contributed by atoms with E-state index in [1.807, 2.05) is 49.4 Å². The Hall–Kier alpha value is -4.06. The molecule has 1 heterocycles. The van der Waals surface area contributed by atoms with Crippen molar-refractivity contribution in [2.75, 3.05) is 0 Å². The molecule has 0 radical (unpaired) electrons. The number of carbonyl (C=O) groups excluding carboxylic acids is 1. The molecule has 0 fully saturated rings. The number of aromatic nitrogens is 2. The lowest BCUT2D eigenvalue weighted by Gasteiger charge is -2.08. The summed E-state index contributed by atoms with van der Waals surface area (Å²) in [6.45, 7) is 1.82. The van der Waals surface area contributed by atoms with E-state index in [9.17, 15) is 9.59 Å². The zero-order valence-corrected chi connectivity index (χ0v) is 16.7. The molecule has 0 aliphatic heterocycles. The molecule has 0 bridgehead atoms. The molecule has 0 aliphatic carbocycles. The molecule has 1 N–H and O–H groups in total. The summed E-state index contributed by atoms with van der Waals surface area (Å²) in [5.41, 5.74) is 6.27. The van der Waals surface area contributed by atoms with Crippen LogP contribution in [0.5, 0.6) is 0 Å². The summed E-state index contributed by atoms with van der Waals surface area (Å²) in [7, 11) is 1.52. The minimum atomic E-state index is -0.470. The molecular formula is C24H20N4O2. The fourth-order valence-electron chi connectivity index (χ4n) is 3.25. The van der Waals surface area contributed by atoms with Crippen molar-refractivity contribution in [1.82, 2.24) is 15.2 Å². The zero-order valence-electron chi connectivity index (χ0n) is 16.7. The average Bonchev–Trinajstić information content (AvgIpc) is 2.80. The molecule has 6 heteroatoms. The van der Waals surface area contributed by atoms with E-state index in [-0.39, 0.29) is 11.3 Å². The summed E-state index contributed by atoms with van der Waals surface area (Å²) in [6, 6.07) is 25.0. The Balaban J connectivity index is 1.57. The second-order valence-electron chi connectivity index (χ2n) is 6.90. The molecule has 1 amide bonds. The molecule has 0 aliphatic rings. The average molecular weight is 396 g/mol. The third kappa shape index (κ3) is 3.75. The van der Waals surface area contributed by atoms with Gasteiger partial charge in [0.05, 0.1) is 11.1 Å². The van der Waals surface area contributed by atoms with E-state index >= 15 is 0 Å². The summed E-state index contributed by atoms with van der Waals surface area (Å²) in [4.78, 5) is 24.9. The minimum Gasteiger partial charge on any atom is -0.267 e. The number of nitrogens with zero attached hydrogens (tertiary/aromatic N) is 3. The van der Waals surface area contributed by atoms with Crippen LogP contribution in [0.2, 0.25) is 0 Å². The summed E-state index contributed by atoms with van der Waals surface area (Å²) in [5, 5.41) is 9.28. The third-order valence-corrected chi connectivity index (χ3v) is 4.91. The second kappa shape index (κ2) is 8.13. The minimum absolute atomic E-state index is 0.156. The monoisotopic (exact) mass is 396 g/mol. The number of fused-ring (bicyclic) bond motifs is 1. The highest BCUT2D eigenvalue weighted by molar-refractivity contribution is 6.06. The molecule has 30 heavy (non-hydrogen) atoms. The second-order valence-corrected chi connectivity index (χ2v) is 6.90. The van der Waals surface area contributed by atoms with Crippen molar-refractivity contribution >= 4 is 22.4 Å². The van der Waals surface area contributed by atoms with Crippen molar-refractivity contribution in [3.8, 4) is 11.1 Å². The van der Waals surface area contributed by atoms with Crippen LogP contribution >= 0.6 is 0 Å². The van der Waals surface area contributed by atoms with E-state index in [0.717, 1.165) is 21.4 Å². The molecule has 0 saturated carbocycles. The van der Waals surface area contributed by atoms with Gasteiger partial charge in [-0.3, -0.25) is 9.59 Å². The van der Waals surface area contributed by atoms with Crippen molar-refractivity contribution in [3.05, 3.63) is 100 Å². The fraction of sp³-hybridized carbons (Fsp3) is 0.0833. The van der Waals surface area contributed by atoms with Gasteiger partial charge >= 0.3 is 0 Å². The van der Waals surface area contributed by atoms with E-state index in [4.69, 9.17) is 0 Å². The first-order valence-electron chi connectivity index (χ1n) is 9.51. The lowest BCUT2D eigenvalue weighted by atomic mass is 10.0. The van der Waals surface area contributed by atoms with Crippen LogP contribution in [-0.4, -0.2) is 21.4 Å². The molecular weight excluding hydrogens is 376 g/mol. The Morgan fingerprint density at radius 3 is 2.17 bits per heavy atom. The smallest absolute Gasteiger partial charge is 0.267 e. The molecule has 3 aromatic carbocycles. The Morgan fingerprint density at radius 1 is 0.867 bits per heavy atom. The zero-order chi connectivity index (χ0) is 21.1.